The molecule has 1 rings (SSSR count). The number of carbonyl (C=O) groups excluding carboxylic acids is 3. The average Bonchev–Trinajstić information content (AvgIpc) is 2.51. The summed E-state index contributed by atoms with van der Waals surface area (Å²) in [4.78, 5) is 35.2. The van der Waals surface area contributed by atoms with E-state index < -0.39 is 30.5 Å². The Balaban J connectivity index is 2.52. The molecule has 0 aromatic heterocycles. The molecule has 0 heterocycles. The minimum atomic E-state index is -0.762. The summed E-state index contributed by atoms with van der Waals surface area (Å²) in [5.41, 5.74) is 0.286. The average molecular weight is 342 g/mol. The molecule has 1 aromatic carbocycles. The maximum absolute atomic E-state index is 11.8. The summed E-state index contributed by atoms with van der Waals surface area (Å²) in [6.45, 7) is 3.36. The van der Waals surface area contributed by atoms with E-state index in [1.54, 1.807) is 12.1 Å². The highest BCUT2D eigenvalue weighted by Crippen LogP contribution is 2.10. The van der Waals surface area contributed by atoms with Gasteiger partial charge in [0.1, 0.15) is 6.04 Å². The van der Waals surface area contributed by atoms with Crippen LogP contribution < -0.4 is 5.32 Å². The Kier molecular flexibility index (Phi) is 7.54. The number of ether oxygens (including phenoxy) is 2. The highest BCUT2D eigenvalue weighted by Gasteiger charge is 2.23. The molecule has 1 N–H and O–H groups in total. The van der Waals surface area contributed by atoms with Gasteiger partial charge in [-0.15, -0.1) is 0 Å². The lowest BCUT2D eigenvalue weighted by Crippen LogP contribution is -2.44. The van der Waals surface area contributed by atoms with E-state index in [9.17, 15) is 14.4 Å². The van der Waals surface area contributed by atoms with Crippen molar-refractivity contribution in [1.82, 2.24) is 5.32 Å². The standard InChI is InChI=1S/C16H20ClNO5/c1-10(2)8-13(16(21)22-3)18-14(19)9-23-15(20)11-4-6-12(17)7-5-11/h4-7,10,13H,8-9H2,1-3H3,(H,18,19)/t13-/m0/s1. The second kappa shape index (κ2) is 9.15. The van der Waals surface area contributed by atoms with Crippen molar-refractivity contribution in [2.24, 2.45) is 5.92 Å². The van der Waals surface area contributed by atoms with E-state index in [4.69, 9.17) is 16.3 Å². The first-order chi connectivity index (χ1) is 10.8. The zero-order chi connectivity index (χ0) is 17.4. The lowest BCUT2D eigenvalue weighted by molar-refractivity contribution is -0.145. The van der Waals surface area contributed by atoms with Gasteiger partial charge >= 0.3 is 11.9 Å². The number of methoxy groups -OCH3 is 1. The third-order valence-electron chi connectivity index (χ3n) is 2.94. The van der Waals surface area contributed by atoms with Gasteiger partial charge in [-0.1, -0.05) is 25.4 Å². The highest BCUT2D eigenvalue weighted by molar-refractivity contribution is 6.30. The van der Waals surface area contributed by atoms with E-state index >= 15 is 0 Å². The van der Waals surface area contributed by atoms with Crippen molar-refractivity contribution in [2.45, 2.75) is 26.3 Å². The number of benzene rings is 1. The van der Waals surface area contributed by atoms with Crippen molar-refractivity contribution in [3.63, 3.8) is 0 Å². The summed E-state index contributed by atoms with van der Waals surface area (Å²) in [5.74, 6) is -1.55. The Morgan fingerprint density at radius 1 is 1.17 bits per heavy atom. The molecule has 0 aliphatic heterocycles. The number of hydrogen-bond donors (Lipinski definition) is 1. The molecule has 23 heavy (non-hydrogen) atoms. The van der Waals surface area contributed by atoms with Crippen LogP contribution in [0.15, 0.2) is 24.3 Å². The lowest BCUT2D eigenvalue weighted by Gasteiger charge is -2.18. The van der Waals surface area contributed by atoms with Crippen LogP contribution in [0.25, 0.3) is 0 Å². The molecule has 0 spiro atoms. The van der Waals surface area contributed by atoms with E-state index in [1.165, 1.54) is 19.2 Å². The second-order valence-corrected chi connectivity index (χ2v) is 5.79. The van der Waals surface area contributed by atoms with Crippen molar-refractivity contribution >= 4 is 29.4 Å². The zero-order valence-electron chi connectivity index (χ0n) is 13.3. The lowest BCUT2D eigenvalue weighted by atomic mass is 10.0. The molecule has 1 atom stereocenters. The maximum Gasteiger partial charge on any atom is 0.338 e. The van der Waals surface area contributed by atoms with Crippen molar-refractivity contribution < 1.29 is 23.9 Å². The van der Waals surface area contributed by atoms with E-state index in [0.717, 1.165) is 0 Å². The number of hydrogen-bond acceptors (Lipinski definition) is 5. The Morgan fingerprint density at radius 3 is 2.30 bits per heavy atom. The molecule has 0 aliphatic rings. The van der Waals surface area contributed by atoms with Crippen molar-refractivity contribution in [3.05, 3.63) is 34.9 Å². The fourth-order valence-corrected chi connectivity index (χ4v) is 1.99. The monoisotopic (exact) mass is 341 g/mol. The van der Waals surface area contributed by atoms with Crippen LogP contribution in [0.2, 0.25) is 5.02 Å². The molecule has 0 bridgehead atoms. The van der Waals surface area contributed by atoms with Crippen molar-refractivity contribution in [1.29, 1.82) is 0 Å². The molecule has 0 unspecified atom stereocenters. The topological polar surface area (TPSA) is 81.7 Å². The summed E-state index contributed by atoms with van der Waals surface area (Å²) in [5, 5.41) is 3.00. The number of nitrogens with one attached hydrogen (secondary N) is 1. The van der Waals surface area contributed by atoms with Gasteiger partial charge in [-0.2, -0.15) is 0 Å². The fraction of sp³-hybridized carbons (Fsp3) is 0.438. The predicted molar refractivity (Wildman–Crippen MR) is 85.1 cm³/mol. The Hall–Kier alpha value is -2.08. The summed E-state index contributed by atoms with van der Waals surface area (Å²) in [7, 11) is 1.25. The van der Waals surface area contributed by atoms with Crippen molar-refractivity contribution in [3.8, 4) is 0 Å². The van der Waals surface area contributed by atoms with Crippen LogP contribution in [0, 0.1) is 5.92 Å². The van der Waals surface area contributed by atoms with E-state index in [0.29, 0.717) is 11.4 Å². The van der Waals surface area contributed by atoms with E-state index in [2.05, 4.69) is 10.1 Å². The van der Waals surface area contributed by atoms with Gasteiger partial charge in [0.25, 0.3) is 5.91 Å². The van der Waals surface area contributed by atoms with Crippen molar-refractivity contribution in [2.75, 3.05) is 13.7 Å². The normalized spacial score (nSPS) is 11.7. The minimum Gasteiger partial charge on any atom is -0.467 e. The molecule has 0 aliphatic carbocycles. The van der Waals surface area contributed by atoms with Gasteiger partial charge in [0, 0.05) is 5.02 Å². The van der Waals surface area contributed by atoms with Crippen LogP contribution in [0.1, 0.15) is 30.6 Å². The van der Waals surface area contributed by atoms with Gasteiger partial charge in [0.05, 0.1) is 12.7 Å². The van der Waals surface area contributed by atoms with Gasteiger partial charge in [-0.3, -0.25) is 4.79 Å². The van der Waals surface area contributed by atoms with Crippen LogP contribution in [-0.2, 0) is 19.1 Å². The summed E-state index contributed by atoms with van der Waals surface area (Å²) in [6.07, 6.45) is 0.434. The second-order valence-electron chi connectivity index (χ2n) is 5.36. The summed E-state index contributed by atoms with van der Waals surface area (Å²) >= 11 is 5.73. The molecule has 126 valence electrons. The first-order valence-electron chi connectivity index (χ1n) is 7.13. The molecule has 7 heteroatoms. The highest BCUT2D eigenvalue weighted by atomic mass is 35.5. The minimum absolute atomic E-state index is 0.191. The molecular weight excluding hydrogens is 322 g/mol. The third-order valence-corrected chi connectivity index (χ3v) is 3.19. The molecule has 6 nitrogen and oxygen atoms in total. The Morgan fingerprint density at radius 2 is 1.78 bits per heavy atom. The SMILES string of the molecule is COC(=O)[C@H](CC(C)C)NC(=O)COC(=O)c1ccc(Cl)cc1. The summed E-state index contributed by atoms with van der Waals surface area (Å²) in [6, 6.07) is 5.33. The maximum atomic E-state index is 11.8. The first-order valence-corrected chi connectivity index (χ1v) is 7.51. The molecular formula is C16H20ClNO5. The fourth-order valence-electron chi connectivity index (χ4n) is 1.86. The van der Waals surface area contributed by atoms with Crippen LogP contribution in [0.5, 0.6) is 0 Å². The van der Waals surface area contributed by atoms with E-state index in [-0.39, 0.29) is 11.5 Å². The van der Waals surface area contributed by atoms with Gasteiger partial charge < -0.3 is 14.8 Å². The van der Waals surface area contributed by atoms with Crippen LogP contribution in [0.4, 0.5) is 0 Å². The molecule has 1 aromatic rings. The smallest absolute Gasteiger partial charge is 0.338 e. The van der Waals surface area contributed by atoms with Crippen LogP contribution in [0.3, 0.4) is 0 Å². The largest absolute Gasteiger partial charge is 0.467 e. The predicted octanol–water partition coefficient (Wildman–Crippen LogP) is 2.20. The van der Waals surface area contributed by atoms with Gasteiger partial charge in [-0.25, -0.2) is 9.59 Å². The quantitative estimate of drug-likeness (QED) is 0.769. The number of esters is 2. The zero-order valence-corrected chi connectivity index (χ0v) is 14.1. The molecule has 0 saturated carbocycles. The Labute approximate surface area is 140 Å². The van der Waals surface area contributed by atoms with E-state index in [1.807, 2.05) is 13.8 Å². The number of rotatable bonds is 7. The molecule has 1 amide bonds. The van der Waals surface area contributed by atoms with Crippen LogP contribution in [-0.4, -0.2) is 37.6 Å². The molecule has 0 saturated heterocycles. The molecule has 0 fully saturated rings. The van der Waals surface area contributed by atoms with Gasteiger partial charge in [0.15, 0.2) is 6.61 Å². The Bertz CT molecular complexity index is 556. The van der Waals surface area contributed by atoms with Gasteiger partial charge in [-0.05, 0) is 36.6 Å². The third kappa shape index (κ3) is 6.69. The summed E-state index contributed by atoms with van der Waals surface area (Å²) < 4.78 is 9.55. The number of halogens is 1. The number of amides is 1. The van der Waals surface area contributed by atoms with Gasteiger partial charge in [0.2, 0.25) is 0 Å². The first kappa shape index (κ1) is 19.0. The van der Waals surface area contributed by atoms with Crippen LogP contribution >= 0.6 is 11.6 Å². The number of carbonyl (C=O) groups is 3. The molecule has 0 radical (unpaired) electrons.